The van der Waals surface area contributed by atoms with E-state index in [9.17, 15) is 4.79 Å². The average molecular weight is 412 g/mol. The number of carbonyl (C=O) groups is 1. The van der Waals surface area contributed by atoms with E-state index in [1.807, 2.05) is 48.5 Å². The van der Waals surface area contributed by atoms with Crippen LogP contribution in [0.1, 0.15) is 37.3 Å². The van der Waals surface area contributed by atoms with Gasteiger partial charge in [-0.05, 0) is 53.8 Å². The molecule has 3 aromatic rings. The maximum absolute atomic E-state index is 11.2. The van der Waals surface area contributed by atoms with Crippen LogP contribution in [0.2, 0.25) is 0 Å². The van der Waals surface area contributed by atoms with Crippen LogP contribution in [0.3, 0.4) is 0 Å². The Labute approximate surface area is 174 Å². The van der Waals surface area contributed by atoms with Crippen molar-refractivity contribution in [2.24, 2.45) is 5.92 Å². The Kier molecular flexibility index (Phi) is 6.88. The Morgan fingerprint density at radius 3 is 2.66 bits per heavy atom. The first-order valence-electron chi connectivity index (χ1n) is 9.55. The van der Waals surface area contributed by atoms with Gasteiger partial charge in [0.25, 0.3) is 0 Å². The number of methoxy groups -OCH3 is 1. The monoisotopic (exact) mass is 411 g/mol. The van der Waals surface area contributed by atoms with Crippen molar-refractivity contribution in [1.82, 2.24) is 4.98 Å². The highest BCUT2D eigenvalue weighted by Crippen LogP contribution is 2.33. The van der Waals surface area contributed by atoms with Crippen LogP contribution in [0.4, 0.5) is 0 Å². The molecule has 6 heteroatoms. The normalized spacial score (nSPS) is 11.8. The molecule has 152 valence electrons. The summed E-state index contributed by atoms with van der Waals surface area (Å²) in [5, 5.41) is 10.0. The molecular formula is C23H25NO4S. The molecule has 0 saturated carbocycles. The van der Waals surface area contributed by atoms with Crippen molar-refractivity contribution in [3.63, 3.8) is 0 Å². The number of carboxylic acids is 1. The summed E-state index contributed by atoms with van der Waals surface area (Å²) in [6, 6.07) is 13.7. The van der Waals surface area contributed by atoms with Gasteiger partial charge in [0.05, 0.1) is 23.9 Å². The second kappa shape index (κ2) is 9.56. The molecule has 5 nitrogen and oxygen atoms in total. The highest BCUT2D eigenvalue weighted by atomic mass is 32.1. The molecule has 0 radical (unpaired) electrons. The Bertz CT molecular complexity index is 990. The molecule has 1 heterocycles. The molecule has 3 rings (SSSR count). The molecule has 1 aromatic heterocycles. The van der Waals surface area contributed by atoms with Crippen LogP contribution >= 0.6 is 11.3 Å². The summed E-state index contributed by atoms with van der Waals surface area (Å²) in [7, 11) is 1.62. The van der Waals surface area contributed by atoms with Gasteiger partial charge in [0.15, 0.2) is 11.5 Å². The summed E-state index contributed by atoms with van der Waals surface area (Å²) in [5.74, 6) is 0.923. The van der Waals surface area contributed by atoms with Crippen molar-refractivity contribution in [2.45, 2.75) is 26.7 Å². The summed E-state index contributed by atoms with van der Waals surface area (Å²) in [4.78, 5) is 15.9. The quantitative estimate of drug-likeness (QED) is 0.486. The minimum Gasteiger partial charge on any atom is -0.493 e. The minimum absolute atomic E-state index is 0.0502. The van der Waals surface area contributed by atoms with Gasteiger partial charge in [-0.1, -0.05) is 32.0 Å². The van der Waals surface area contributed by atoms with Crippen LogP contribution < -0.4 is 9.47 Å². The molecule has 0 saturated heterocycles. The topological polar surface area (TPSA) is 68.7 Å². The molecule has 0 bridgehead atoms. The highest BCUT2D eigenvalue weighted by molar-refractivity contribution is 7.19. The van der Waals surface area contributed by atoms with E-state index < -0.39 is 5.97 Å². The number of carboxylic acid groups (broad SMARTS) is 1. The summed E-state index contributed by atoms with van der Waals surface area (Å²) in [6.07, 6.45) is 2.44. The first kappa shape index (κ1) is 20.9. The number of fused-ring (bicyclic) bond motifs is 1. The van der Waals surface area contributed by atoms with Crippen LogP contribution in [-0.4, -0.2) is 29.8 Å². The van der Waals surface area contributed by atoms with E-state index in [0.29, 0.717) is 30.4 Å². The van der Waals surface area contributed by atoms with Crippen molar-refractivity contribution >= 4 is 39.2 Å². The SMILES string of the molecule is COc1ccc(/C=C(\CCC(=O)O)c2nc3ccccc3s2)cc1OCC(C)C. The van der Waals surface area contributed by atoms with E-state index in [-0.39, 0.29) is 6.42 Å². The number of thiazole rings is 1. The van der Waals surface area contributed by atoms with Crippen LogP contribution in [0.25, 0.3) is 21.9 Å². The van der Waals surface area contributed by atoms with Gasteiger partial charge in [0.1, 0.15) is 5.01 Å². The molecule has 0 aliphatic heterocycles. The average Bonchev–Trinajstić information content (AvgIpc) is 3.13. The number of hydrogen-bond acceptors (Lipinski definition) is 5. The molecule has 2 aromatic carbocycles. The van der Waals surface area contributed by atoms with Crippen LogP contribution in [0.5, 0.6) is 11.5 Å². The smallest absolute Gasteiger partial charge is 0.303 e. The van der Waals surface area contributed by atoms with Crippen molar-refractivity contribution in [3.05, 3.63) is 53.0 Å². The van der Waals surface area contributed by atoms with E-state index in [2.05, 4.69) is 13.8 Å². The van der Waals surface area contributed by atoms with E-state index in [1.165, 1.54) is 0 Å². The number of benzene rings is 2. The fourth-order valence-corrected chi connectivity index (χ4v) is 3.85. The lowest BCUT2D eigenvalue weighted by atomic mass is 10.1. The highest BCUT2D eigenvalue weighted by Gasteiger charge is 2.12. The summed E-state index contributed by atoms with van der Waals surface area (Å²) in [5.41, 5.74) is 2.74. The van der Waals surface area contributed by atoms with E-state index in [4.69, 9.17) is 19.6 Å². The molecule has 0 aliphatic rings. The number of para-hydroxylation sites is 1. The van der Waals surface area contributed by atoms with Gasteiger partial charge < -0.3 is 14.6 Å². The Balaban J connectivity index is 1.98. The van der Waals surface area contributed by atoms with Gasteiger partial charge in [0, 0.05) is 6.42 Å². The lowest BCUT2D eigenvalue weighted by Crippen LogP contribution is -2.05. The van der Waals surface area contributed by atoms with Crippen molar-refractivity contribution < 1.29 is 19.4 Å². The Morgan fingerprint density at radius 2 is 1.97 bits per heavy atom. The minimum atomic E-state index is -0.826. The van der Waals surface area contributed by atoms with Crippen LogP contribution in [0.15, 0.2) is 42.5 Å². The number of aromatic nitrogens is 1. The second-order valence-electron chi connectivity index (χ2n) is 7.17. The number of ether oxygens (including phenoxy) is 2. The van der Waals surface area contributed by atoms with E-state index in [1.54, 1.807) is 18.4 Å². The van der Waals surface area contributed by atoms with Gasteiger partial charge in [0.2, 0.25) is 0 Å². The van der Waals surface area contributed by atoms with Crippen LogP contribution in [-0.2, 0) is 4.79 Å². The zero-order valence-corrected chi connectivity index (χ0v) is 17.7. The van der Waals surface area contributed by atoms with E-state index >= 15 is 0 Å². The lowest BCUT2D eigenvalue weighted by Gasteiger charge is -2.13. The van der Waals surface area contributed by atoms with Crippen molar-refractivity contribution in [3.8, 4) is 11.5 Å². The van der Waals surface area contributed by atoms with Gasteiger partial charge in [-0.3, -0.25) is 4.79 Å². The molecule has 0 fully saturated rings. The first-order valence-corrected chi connectivity index (χ1v) is 10.4. The Morgan fingerprint density at radius 1 is 1.17 bits per heavy atom. The third-order valence-corrected chi connectivity index (χ3v) is 5.39. The molecule has 0 unspecified atom stereocenters. The van der Waals surface area contributed by atoms with Gasteiger partial charge in [-0.25, -0.2) is 4.98 Å². The molecule has 1 N–H and O–H groups in total. The summed E-state index contributed by atoms with van der Waals surface area (Å²) in [6.45, 7) is 4.77. The Hall–Kier alpha value is -2.86. The standard InChI is InChI=1S/C23H25NO4S/c1-15(2)14-28-20-13-16(8-10-19(20)27-3)12-17(9-11-22(25)26)23-24-18-6-4-5-7-21(18)29-23/h4-8,10,12-13,15H,9,11,14H2,1-3H3,(H,25,26)/b17-12+. The maximum atomic E-state index is 11.2. The number of aliphatic carboxylic acids is 1. The lowest BCUT2D eigenvalue weighted by molar-refractivity contribution is -0.136. The summed E-state index contributed by atoms with van der Waals surface area (Å²) >= 11 is 1.57. The van der Waals surface area contributed by atoms with Gasteiger partial charge in [-0.15, -0.1) is 11.3 Å². The molecule has 0 aliphatic carbocycles. The number of rotatable bonds is 9. The number of nitrogens with zero attached hydrogens (tertiary/aromatic N) is 1. The summed E-state index contributed by atoms with van der Waals surface area (Å²) < 4.78 is 12.4. The van der Waals surface area contributed by atoms with Crippen molar-refractivity contribution in [2.75, 3.05) is 13.7 Å². The third kappa shape index (κ3) is 5.57. The maximum Gasteiger partial charge on any atom is 0.303 e. The van der Waals surface area contributed by atoms with Crippen molar-refractivity contribution in [1.29, 1.82) is 0 Å². The fraction of sp³-hybridized carbons (Fsp3) is 0.304. The third-order valence-electron chi connectivity index (χ3n) is 4.28. The predicted octanol–water partition coefficient (Wildman–Crippen LogP) is 5.75. The largest absolute Gasteiger partial charge is 0.493 e. The zero-order chi connectivity index (χ0) is 20.8. The molecule has 0 atom stereocenters. The molecular weight excluding hydrogens is 386 g/mol. The zero-order valence-electron chi connectivity index (χ0n) is 16.8. The molecule has 29 heavy (non-hydrogen) atoms. The molecule has 0 spiro atoms. The van der Waals surface area contributed by atoms with Crippen LogP contribution in [0, 0.1) is 5.92 Å². The fourth-order valence-electron chi connectivity index (χ4n) is 2.85. The number of allylic oxidation sites excluding steroid dienone is 1. The van der Waals surface area contributed by atoms with Gasteiger partial charge in [-0.2, -0.15) is 0 Å². The second-order valence-corrected chi connectivity index (χ2v) is 8.20. The molecule has 0 amide bonds. The van der Waals surface area contributed by atoms with Gasteiger partial charge >= 0.3 is 5.97 Å². The first-order chi connectivity index (χ1) is 14.0. The number of hydrogen-bond donors (Lipinski definition) is 1. The van der Waals surface area contributed by atoms with E-state index in [0.717, 1.165) is 26.4 Å². The predicted molar refractivity (Wildman–Crippen MR) is 118 cm³/mol.